The smallest absolute Gasteiger partial charge is 0.326 e. The highest BCUT2D eigenvalue weighted by molar-refractivity contribution is 5.98. The summed E-state index contributed by atoms with van der Waals surface area (Å²) in [5, 5.41) is 13.0. The maximum Gasteiger partial charge on any atom is 0.326 e. The Morgan fingerprint density at radius 2 is 1.79 bits per heavy atom. The Morgan fingerprint density at radius 1 is 1.03 bits per heavy atom. The van der Waals surface area contributed by atoms with Gasteiger partial charge in [-0.2, -0.15) is 0 Å². The van der Waals surface area contributed by atoms with Gasteiger partial charge < -0.3 is 19.6 Å². The van der Waals surface area contributed by atoms with Crippen molar-refractivity contribution in [2.45, 2.75) is 25.8 Å². The Balaban J connectivity index is 1.49. The van der Waals surface area contributed by atoms with Crippen LogP contribution in [0.4, 0.5) is 0 Å². The fourth-order valence-electron chi connectivity index (χ4n) is 3.86. The van der Waals surface area contributed by atoms with Crippen molar-refractivity contribution in [3.05, 3.63) is 89.7 Å². The van der Waals surface area contributed by atoms with Crippen LogP contribution in [0.2, 0.25) is 0 Å². The number of methoxy groups -OCH3 is 1. The normalized spacial score (nSPS) is 11.8. The van der Waals surface area contributed by atoms with E-state index in [0.29, 0.717) is 16.7 Å². The van der Waals surface area contributed by atoms with Crippen LogP contribution in [0.5, 0.6) is 5.75 Å². The number of carboxylic acids is 1. The zero-order chi connectivity index (χ0) is 23.4. The van der Waals surface area contributed by atoms with Gasteiger partial charge in [0.15, 0.2) is 5.76 Å². The van der Waals surface area contributed by atoms with E-state index in [9.17, 15) is 14.7 Å². The number of carbonyl (C=O) groups is 2. The number of nitrogens with one attached hydrogen (secondary N) is 1. The van der Waals surface area contributed by atoms with Crippen LogP contribution in [0.1, 0.15) is 28.6 Å². The SMILES string of the molecule is CCc1ccccc1-c1ccc(C[C@H](NC(=O)c2cc3cc(OC)ccc3o2)C(=O)O)cc1. The van der Waals surface area contributed by atoms with E-state index >= 15 is 0 Å². The van der Waals surface area contributed by atoms with E-state index in [2.05, 4.69) is 24.4 Å². The molecule has 168 valence electrons. The van der Waals surface area contributed by atoms with Gasteiger partial charge in [0, 0.05) is 11.8 Å². The molecule has 33 heavy (non-hydrogen) atoms. The molecule has 3 aromatic carbocycles. The van der Waals surface area contributed by atoms with Gasteiger partial charge in [-0.3, -0.25) is 4.79 Å². The molecule has 0 unspecified atom stereocenters. The quantitative estimate of drug-likeness (QED) is 0.396. The summed E-state index contributed by atoms with van der Waals surface area (Å²) in [5.41, 5.74) is 4.83. The van der Waals surface area contributed by atoms with Crippen molar-refractivity contribution in [3.8, 4) is 16.9 Å². The molecule has 0 aliphatic heterocycles. The van der Waals surface area contributed by atoms with Crippen molar-refractivity contribution in [2.24, 2.45) is 0 Å². The largest absolute Gasteiger partial charge is 0.497 e. The zero-order valence-electron chi connectivity index (χ0n) is 18.5. The van der Waals surface area contributed by atoms with Gasteiger partial charge in [0.25, 0.3) is 5.91 Å². The first-order valence-corrected chi connectivity index (χ1v) is 10.8. The number of fused-ring (bicyclic) bond motifs is 1. The lowest BCUT2D eigenvalue weighted by Crippen LogP contribution is -2.42. The lowest BCUT2D eigenvalue weighted by atomic mass is 9.96. The Kier molecular flexibility index (Phi) is 6.45. The maximum absolute atomic E-state index is 12.7. The first-order valence-electron chi connectivity index (χ1n) is 10.8. The molecule has 0 saturated heterocycles. The number of rotatable bonds is 8. The number of hydrogen-bond acceptors (Lipinski definition) is 4. The molecule has 1 heterocycles. The molecule has 1 atom stereocenters. The molecule has 1 amide bonds. The third-order valence-corrected chi connectivity index (χ3v) is 5.65. The number of ether oxygens (including phenoxy) is 1. The van der Waals surface area contributed by atoms with E-state index in [-0.39, 0.29) is 12.2 Å². The summed E-state index contributed by atoms with van der Waals surface area (Å²) in [4.78, 5) is 24.5. The lowest BCUT2D eigenvalue weighted by molar-refractivity contribution is -0.139. The molecule has 4 aromatic rings. The van der Waals surface area contributed by atoms with Crippen LogP contribution < -0.4 is 10.1 Å². The third kappa shape index (κ3) is 4.90. The molecule has 4 rings (SSSR count). The van der Waals surface area contributed by atoms with Crippen molar-refractivity contribution in [2.75, 3.05) is 7.11 Å². The minimum atomic E-state index is -1.11. The van der Waals surface area contributed by atoms with Crippen molar-refractivity contribution < 1.29 is 23.8 Å². The van der Waals surface area contributed by atoms with Crippen LogP contribution in [0.3, 0.4) is 0 Å². The van der Waals surface area contributed by atoms with Gasteiger partial charge in [-0.25, -0.2) is 4.79 Å². The monoisotopic (exact) mass is 443 g/mol. The van der Waals surface area contributed by atoms with Crippen LogP contribution in [-0.4, -0.2) is 30.1 Å². The lowest BCUT2D eigenvalue weighted by Gasteiger charge is -2.14. The van der Waals surface area contributed by atoms with Gasteiger partial charge in [-0.05, 0) is 52.9 Å². The first kappa shape index (κ1) is 22.1. The summed E-state index contributed by atoms with van der Waals surface area (Å²) in [6, 6.07) is 21.7. The van der Waals surface area contributed by atoms with Gasteiger partial charge in [0.05, 0.1) is 7.11 Å². The molecule has 6 nitrogen and oxygen atoms in total. The fourth-order valence-corrected chi connectivity index (χ4v) is 3.86. The van der Waals surface area contributed by atoms with E-state index in [1.165, 1.54) is 5.56 Å². The number of furan rings is 1. The second kappa shape index (κ2) is 9.61. The highest BCUT2D eigenvalue weighted by atomic mass is 16.5. The summed E-state index contributed by atoms with van der Waals surface area (Å²) < 4.78 is 10.8. The fraction of sp³-hybridized carbons (Fsp3) is 0.185. The molecule has 0 aliphatic rings. The molecule has 1 aromatic heterocycles. The molecule has 2 N–H and O–H groups in total. The Hall–Kier alpha value is -4.06. The summed E-state index contributed by atoms with van der Waals surface area (Å²) in [7, 11) is 1.56. The summed E-state index contributed by atoms with van der Waals surface area (Å²) in [5.74, 6) is -0.993. The standard InChI is InChI=1S/C27H25NO5/c1-3-18-6-4-5-7-22(18)19-10-8-17(9-11-19)14-23(27(30)31)28-26(29)25-16-20-15-21(32-2)12-13-24(20)33-25/h4-13,15-16,23H,3,14H2,1-2H3,(H,28,29)(H,30,31)/t23-/m0/s1. The maximum atomic E-state index is 12.7. The predicted octanol–water partition coefficient (Wildman–Crippen LogP) is 5.10. The molecule has 0 spiro atoms. The highest BCUT2D eigenvalue weighted by Gasteiger charge is 2.23. The van der Waals surface area contributed by atoms with Crippen molar-refractivity contribution in [1.82, 2.24) is 5.32 Å². The summed E-state index contributed by atoms with van der Waals surface area (Å²) in [6.45, 7) is 2.12. The number of amides is 1. The number of benzene rings is 3. The summed E-state index contributed by atoms with van der Waals surface area (Å²) >= 11 is 0. The van der Waals surface area contributed by atoms with Crippen LogP contribution in [-0.2, 0) is 17.6 Å². The number of aryl methyl sites for hydroxylation is 1. The minimum Gasteiger partial charge on any atom is -0.497 e. The van der Waals surface area contributed by atoms with Gasteiger partial charge >= 0.3 is 5.97 Å². The molecule has 0 aliphatic carbocycles. The molecular formula is C27H25NO5. The molecule has 0 bridgehead atoms. The highest BCUT2D eigenvalue weighted by Crippen LogP contribution is 2.26. The molecule has 0 radical (unpaired) electrons. The molecule has 0 saturated carbocycles. The Bertz CT molecular complexity index is 1290. The second-order valence-electron chi connectivity index (χ2n) is 7.79. The van der Waals surface area contributed by atoms with E-state index in [4.69, 9.17) is 9.15 Å². The number of carbonyl (C=O) groups excluding carboxylic acids is 1. The van der Waals surface area contributed by atoms with E-state index in [1.807, 2.05) is 36.4 Å². The van der Waals surface area contributed by atoms with Gasteiger partial charge in [-0.15, -0.1) is 0 Å². The van der Waals surface area contributed by atoms with Gasteiger partial charge in [0.1, 0.15) is 17.4 Å². The number of aliphatic carboxylic acids is 1. The molecule has 0 fully saturated rings. The van der Waals surface area contributed by atoms with Crippen LogP contribution in [0, 0.1) is 0 Å². The van der Waals surface area contributed by atoms with Crippen LogP contribution in [0.15, 0.2) is 77.2 Å². The minimum absolute atomic E-state index is 0.0519. The third-order valence-electron chi connectivity index (χ3n) is 5.65. The Morgan fingerprint density at radius 3 is 2.48 bits per heavy atom. The summed E-state index contributed by atoms with van der Waals surface area (Å²) in [6.07, 6.45) is 1.09. The topological polar surface area (TPSA) is 88.8 Å². The van der Waals surface area contributed by atoms with E-state index in [0.717, 1.165) is 23.1 Å². The zero-order valence-corrected chi connectivity index (χ0v) is 18.5. The average molecular weight is 443 g/mol. The Labute approximate surface area is 191 Å². The first-order chi connectivity index (χ1) is 16.0. The number of hydrogen-bond donors (Lipinski definition) is 2. The van der Waals surface area contributed by atoms with Crippen LogP contribution >= 0.6 is 0 Å². The van der Waals surface area contributed by atoms with E-state index < -0.39 is 17.9 Å². The predicted molar refractivity (Wildman–Crippen MR) is 127 cm³/mol. The van der Waals surface area contributed by atoms with Crippen LogP contribution in [0.25, 0.3) is 22.1 Å². The molecular weight excluding hydrogens is 418 g/mol. The molecule has 6 heteroatoms. The van der Waals surface area contributed by atoms with Crippen molar-refractivity contribution >= 4 is 22.8 Å². The van der Waals surface area contributed by atoms with Gasteiger partial charge in [-0.1, -0.05) is 55.5 Å². The van der Waals surface area contributed by atoms with Gasteiger partial charge in [0.2, 0.25) is 0 Å². The average Bonchev–Trinajstić information content (AvgIpc) is 3.27. The van der Waals surface area contributed by atoms with E-state index in [1.54, 1.807) is 31.4 Å². The van der Waals surface area contributed by atoms with Crippen molar-refractivity contribution in [1.29, 1.82) is 0 Å². The number of carboxylic acid groups (broad SMARTS) is 1. The van der Waals surface area contributed by atoms with Crippen molar-refractivity contribution in [3.63, 3.8) is 0 Å². The second-order valence-corrected chi connectivity index (χ2v) is 7.79.